The largest absolute Gasteiger partial charge is 0.392 e. The van der Waals surface area contributed by atoms with E-state index in [1.54, 1.807) is 0 Å². The molecule has 1 heterocycles. The molecule has 154 valence electrons. The summed E-state index contributed by atoms with van der Waals surface area (Å²) in [6.45, 7) is 4.93. The first-order valence-corrected chi connectivity index (χ1v) is 11.2. The van der Waals surface area contributed by atoms with Gasteiger partial charge in [-0.2, -0.15) is 0 Å². The maximum Gasteiger partial charge on any atom is 0.126 e. The van der Waals surface area contributed by atoms with E-state index in [9.17, 15) is 13.9 Å². The number of nitrogens with one attached hydrogen (secondary N) is 1. The number of rotatable bonds is 8. The quantitative estimate of drug-likeness (QED) is 0.572. The fraction of sp³-hybridized carbons (Fsp3) is 0.565. The average Bonchev–Trinajstić information content (AvgIpc) is 3.16. The smallest absolute Gasteiger partial charge is 0.126 e. The van der Waals surface area contributed by atoms with Crippen LogP contribution in [-0.2, 0) is 12.0 Å². The summed E-state index contributed by atoms with van der Waals surface area (Å²) in [7, 11) is 0. The van der Waals surface area contributed by atoms with Gasteiger partial charge < -0.3 is 10.4 Å². The lowest BCUT2D eigenvalue weighted by Gasteiger charge is -2.38. The standard InChI is InChI=1S/C23H31F2NOS/c1-16(2)21-8-9-22(28-21)23(10-4-3-5-11-23)26-15-20(27)7-6-17-12-18(24)14-19(25)13-17/h8-9,12-14,16,20,26-27H,3-7,10-11,15H2,1-2H3. The molecule has 0 aliphatic heterocycles. The number of halogens is 2. The molecule has 1 aliphatic rings. The van der Waals surface area contributed by atoms with Crippen molar-refractivity contribution >= 4 is 11.3 Å². The van der Waals surface area contributed by atoms with Gasteiger partial charge in [-0.15, -0.1) is 11.3 Å². The van der Waals surface area contributed by atoms with Crippen molar-refractivity contribution in [1.82, 2.24) is 5.32 Å². The molecular weight excluding hydrogens is 376 g/mol. The summed E-state index contributed by atoms with van der Waals surface area (Å²) >= 11 is 1.88. The molecule has 1 saturated carbocycles. The van der Waals surface area contributed by atoms with Crippen LogP contribution in [0.4, 0.5) is 8.78 Å². The zero-order chi connectivity index (χ0) is 20.1. The summed E-state index contributed by atoms with van der Waals surface area (Å²) in [5, 5.41) is 14.2. The van der Waals surface area contributed by atoms with E-state index in [2.05, 4.69) is 31.3 Å². The van der Waals surface area contributed by atoms with E-state index in [-0.39, 0.29) is 5.54 Å². The molecule has 1 fully saturated rings. The van der Waals surface area contributed by atoms with Crippen LogP contribution >= 0.6 is 11.3 Å². The molecule has 0 spiro atoms. The van der Waals surface area contributed by atoms with Crippen LogP contribution in [0, 0.1) is 11.6 Å². The molecule has 1 aliphatic carbocycles. The molecule has 28 heavy (non-hydrogen) atoms. The first-order chi connectivity index (χ1) is 13.4. The van der Waals surface area contributed by atoms with Crippen molar-refractivity contribution in [2.45, 2.75) is 76.4 Å². The molecule has 2 N–H and O–H groups in total. The second kappa shape index (κ2) is 9.47. The first kappa shape index (κ1) is 21.4. The molecule has 1 aromatic heterocycles. The van der Waals surface area contributed by atoms with E-state index in [0.717, 1.165) is 18.9 Å². The number of aryl methyl sites for hydroxylation is 1. The summed E-state index contributed by atoms with van der Waals surface area (Å²) < 4.78 is 26.7. The van der Waals surface area contributed by atoms with Gasteiger partial charge in [-0.05, 0) is 61.4 Å². The van der Waals surface area contributed by atoms with Crippen molar-refractivity contribution in [3.8, 4) is 0 Å². The third-order valence-corrected chi connectivity index (χ3v) is 7.33. The summed E-state index contributed by atoms with van der Waals surface area (Å²) in [4.78, 5) is 2.77. The van der Waals surface area contributed by atoms with Gasteiger partial charge in [-0.25, -0.2) is 8.78 Å². The molecule has 0 amide bonds. The summed E-state index contributed by atoms with van der Waals surface area (Å²) in [6, 6.07) is 8.04. The number of hydrogen-bond donors (Lipinski definition) is 2. The van der Waals surface area contributed by atoms with Gasteiger partial charge in [0.25, 0.3) is 0 Å². The van der Waals surface area contributed by atoms with Gasteiger partial charge in [0, 0.05) is 22.4 Å². The Morgan fingerprint density at radius 3 is 2.36 bits per heavy atom. The van der Waals surface area contributed by atoms with Crippen LogP contribution in [0.1, 0.15) is 73.6 Å². The zero-order valence-electron chi connectivity index (χ0n) is 16.8. The van der Waals surface area contributed by atoms with Crippen LogP contribution in [0.25, 0.3) is 0 Å². The highest BCUT2D eigenvalue weighted by Gasteiger charge is 2.35. The first-order valence-electron chi connectivity index (χ1n) is 10.4. The lowest BCUT2D eigenvalue weighted by atomic mass is 9.80. The molecule has 1 unspecified atom stereocenters. The fourth-order valence-electron chi connectivity index (χ4n) is 4.09. The highest BCUT2D eigenvalue weighted by atomic mass is 32.1. The van der Waals surface area contributed by atoms with Crippen LogP contribution in [0.3, 0.4) is 0 Å². The highest BCUT2D eigenvalue weighted by molar-refractivity contribution is 7.12. The normalized spacial score (nSPS) is 17.8. The Kier molecular flexibility index (Phi) is 7.24. The molecular formula is C23H31F2NOS. The molecule has 0 radical (unpaired) electrons. The molecule has 2 nitrogen and oxygen atoms in total. The lowest BCUT2D eigenvalue weighted by Crippen LogP contribution is -2.46. The van der Waals surface area contributed by atoms with E-state index >= 15 is 0 Å². The van der Waals surface area contributed by atoms with Crippen molar-refractivity contribution in [2.75, 3.05) is 6.54 Å². The molecule has 5 heteroatoms. The van der Waals surface area contributed by atoms with E-state index in [1.807, 2.05) is 11.3 Å². The fourth-order valence-corrected chi connectivity index (χ4v) is 5.32. The molecule has 3 rings (SSSR count). The van der Waals surface area contributed by atoms with Crippen molar-refractivity contribution < 1.29 is 13.9 Å². The van der Waals surface area contributed by atoms with Crippen LogP contribution in [0.15, 0.2) is 30.3 Å². The summed E-state index contributed by atoms with van der Waals surface area (Å²) in [6.07, 6.45) is 6.23. The maximum absolute atomic E-state index is 13.3. The predicted octanol–water partition coefficient (Wildman–Crippen LogP) is 5.89. The van der Waals surface area contributed by atoms with Crippen LogP contribution in [0.5, 0.6) is 0 Å². The molecule has 1 aromatic carbocycles. The number of benzene rings is 1. The SMILES string of the molecule is CC(C)c1ccc(C2(NCC(O)CCc3cc(F)cc(F)c3)CCCCC2)s1. The summed E-state index contributed by atoms with van der Waals surface area (Å²) in [5.41, 5.74) is 0.533. The second-order valence-corrected chi connectivity index (χ2v) is 9.47. The van der Waals surface area contributed by atoms with Gasteiger partial charge in [0.15, 0.2) is 0 Å². The molecule has 2 aromatic rings. The van der Waals surface area contributed by atoms with E-state index in [1.165, 1.54) is 41.1 Å². The minimum absolute atomic E-state index is 0.0536. The van der Waals surface area contributed by atoms with Gasteiger partial charge in [0.05, 0.1) is 11.6 Å². The number of thiophene rings is 1. The van der Waals surface area contributed by atoms with Gasteiger partial charge >= 0.3 is 0 Å². The third-order valence-electron chi connectivity index (χ3n) is 5.74. The van der Waals surface area contributed by atoms with E-state index in [4.69, 9.17) is 0 Å². The van der Waals surface area contributed by atoms with E-state index < -0.39 is 17.7 Å². The van der Waals surface area contributed by atoms with Crippen molar-refractivity contribution in [2.24, 2.45) is 0 Å². The zero-order valence-corrected chi connectivity index (χ0v) is 17.6. The average molecular weight is 408 g/mol. The molecule has 0 saturated heterocycles. The Morgan fingerprint density at radius 1 is 1.07 bits per heavy atom. The highest BCUT2D eigenvalue weighted by Crippen LogP contribution is 2.41. The lowest BCUT2D eigenvalue weighted by molar-refractivity contribution is 0.133. The van der Waals surface area contributed by atoms with Crippen molar-refractivity contribution in [3.05, 3.63) is 57.3 Å². The topological polar surface area (TPSA) is 32.3 Å². The van der Waals surface area contributed by atoms with Crippen molar-refractivity contribution in [1.29, 1.82) is 0 Å². The third kappa shape index (κ3) is 5.40. The molecule has 1 atom stereocenters. The van der Waals surface area contributed by atoms with Gasteiger partial charge in [-0.3, -0.25) is 0 Å². The minimum atomic E-state index is -0.567. The summed E-state index contributed by atoms with van der Waals surface area (Å²) in [5.74, 6) is -0.610. The monoisotopic (exact) mass is 407 g/mol. The number of aliphatic hydroxyl groups is 1. The van der Waals surface area contributed by atoms with Crippen LogP contribution in [0.2, 0.25) is 0 Å². The minimum Gasteiger partial charge on any atom is -0.392 e. The Hall–Kier alpha value is -1.30. The Bertz CT molecular complexity index is 747. The Balaban J connectivity index is 1.61. The Labute approximate surface area is 171 Å². The predicted molar refractivity (Wildman–Crippen MR) is 112 cm³/mol. The maximum atomic E-state index is 13.3. The van der Waals surface area contributed by atoms with Crippen LogP contribution in [-0.4, -0.2) is 17.8 Å². The number of hydrogen-bond acceptors (Lipinski definition) is 3. The van der Waals surface area contributed by atoms with Gasteiger partial charge in [0.2, 0.25) is 0 Å². The Morgan fingerprint density at radius 2 is 1.75 bits per heavy atom. The molecule has 0 bridgehead atoms. The van der Waals surface area contributed by atoms with E-state index in [0.29, 0.717) is 30.9 Å². The van der Waals surface area contributed by atoms with Crippen molar-refractivity contribution in [3.63, 3.8) is 0 Å². The van der Waals surface area contributed by atoms with Gasteiger partial charge in [-0.1, -0.05) is 33.1 Å². The van der Waals surface area contributed by atoms with Gasteiger partial charge in [0.1, 0.15) is 11.6 Å². The van der Waals surface area contributed by atoms with Crippen LogP contribution < -0.4 is 5.32 Å². The second-order valence-electron chi connectivity index (χ2n) is 8.35. The number of aliphatic hydroxyl groups excluding tert-OH is 1.